The van der Waals surface area contributed by atoms with Crippen LogP contribution in [-0.2, 0) is 6.54 Å². The number of hydrogen-bond donors (Lipinski definition) is 4. The number of nitrogens with one attached hydrogen (secondary N) is 2. The van der Waals surface area contributed by atoms with Gasteiger partial charge in [0.15, 0.2) is 0 Å². The molecule has 1 saturated heterocycles. The second kappa shape index (κ2) is 13.0. The van der Waals surface area contributed by atoms with E-state index in [9.17, 15) is 15.0 Å². The van der Waals surface area contributed by atoms with Crippen LogP contribution in [0.2, 0.25) is 0 Å². The van der Waals surface area contributed by atoms with E-state index in [1.54, 1.807) is 36.7 Å². The van der Waals surface area contributed by atoms with Crippen molar-refractivity contribution in [1.82, 2.24) is 19.4 Å². The zero-order chi connectivity index (χ0) is 31.5. The summed E-state index contributed by atoms with van der Waals surface area (Å²) in [6, 6.07) is 19.9. The van der Waals surface area contributed by atoms with Crippen molar-refractivity contribution >= 4 is 33.9 Å². The van der Waals surface area contributed by atoms with Crippen LogP contribution in [0.5, 0.6) is 11.5 Å². The monoisotopic (exact) mass is 604 g/mol. The summed E-state index contributed by atoms with van der Waals surface area (Å²) in [5, 5.41) is 28.5. The van der Waals surface area contributed by atoms with E-state index in [1.165, 1.54) is 34.3 Å². The van der Waals surface area contributed by atoms with Crippen molar-refractivity contribution in [2.24, 2.45) is 0 Å². The highest BCUT2D eigenvalue weighted by molar-refractivity contribution is 6.05. The number of benzene rings is 3. The van der Waals surface area contributed by atoms with Gasteiger partial charge in [-0.25, -0.2) is 0 Å². The van der Waals surface area contributed by atoms with E-state index in [-0.39, 0.29) is 23.0 Å². The molecule has 0 radical (unpaired) electrons. The number of pyridine rings is 1. The molecular formula is C36H40N6O3. The number of aromatic nitrogens is 2. The third-order valence-electron chi connectivity index (χ3n) is 8.85. The molecule has 0 unspecified atom stereocenters. The molecule has 0 bridgehead atoms. The molecule has 1 fully saturated rings. The van der Waals surface area contributed by atoms with Gasteiger partial charge in [-0.15, -0.1) is 0 Å². The average molecular weight is 605 g/mol. The number of phenols is 2. The van der Waals surface area contributed by atoms with Crippen LogP contribution >= 0.6 is 0 Å². The molecule has 9 nitrogen and oxygen atoms in total. The van der Waals surface area contributed by atoms with Crippen LogP contribution in [0.25, 0.3) is 22.0 Å². The summed E-state index contributed by atoms with van der Waals surface area (Å²) in [5.41, 5.74) is 7.37. The number of carbonyl (C=O) groups is 1. The van der Waals surface area contributed by atoms with Gasteiger partial charge in [-0.3, -0.25) is 9.78 Å². The maximum absolute atomic E-state index is 12.9. The molecule has 45 heavy (non-hydrogen) atoms. The molecule has 0 saturated carbocycles. The van der Waals surface area contributed by atoms with Crippen molar-refractivity contribution in [3.8, 4) is 22.6 Å². The number of aryl methyl sites for hydroxylation is 2. The number of likely N-dealkylation sites (N-methyl/N-ethyl adjacent to an activating group) is 1. The quantitative estimate of drug-likeness (QED) is 0.155. The van der Waals surface area contributed by atoms with Gasteiger partial charge in [0.1, 0.15) is 11.5 Å². The van der Waals surface area contributed by atoms with E-state index in [1.807, 2.05) is 12.1 Å². The van der Waals surface area contributed by atoms with Gasteiger partial charge >= 0.3 is 0 Å². The fourth-order valence-electron chi connectivity index (χ4n) is 6.11. The second-order valence-corrected chi connectivity index (χ2v) is 11.9. The summed E-state index contributed by atoms with van der Waals surface area (Å²) < 4.78 is 2.45. The topological polar surface area (TPSA) is 106 Å². The summed E-state index contributed by atoms with van der Waals surface area (Å²) in [5.74, 6) is -0.627. The fraction of sp³-hybridized carbons (Fsp3) is 0.278. The number of nitrogens with zero attached hydrogens (tertiary/aromatic N) is 4. The molecule has 0 atom stereocenters. The SMILES string of the molecule is Cc1c(C)n(CCCN2CCN(C)CC2)c2ccc(Nc3ccc(C(=O)Nc4cc(O)c(-c5ccncc5)c(O)c4)cc3)cc12. The largest absolute Gasteiger partial charge is 0.507 e. The van der Waals surface area contributed by atoms with Crippen LogP contribution in [-0.4, -0.2) is 75.2 Å². The average Bonchev–Trinajstić information content (AvgIpc) is 3.27. The van der Waals surface area contributed by atoms with Crippen LogP contribution in [0.15, 0.2) is 79.1 Å². The molecule has 3 heterocycles. The van der Waals surface area contributed by atoms with Crippen molar-refractivity contribution in [2.75, 3.05) is 50.4 Å². The first-order valence-corrected chi connectivity index (χ1v) is 15.4. The first-order valence-electron chi connectivity index (χ1n) is 15.4. The first kappa shape index (κ1) is 30.2. The zero-order valence-corrected chi connectivity index (χ0v) is 26.0. The Labute approximate surface area is 263 Å². The Hall–Kier alpha value is -4.86. The van der Waals surface area contributed by atoms with Gasteiger partial charge in [0.25, 0.3) is 5.91 Å². The van der Waals surface area contributed by atoms with Gasteiger partial charge in [0.05, 0.1) is 5.56 Å². The molecular weight excluding hydrogens is 564 g/mol. The molecule has 3 aromatic carbocycles. The number of amides is 1. The van der Waals surface area contributed by atoms with E-state index in [2.05, 4.69) is 69.1 Å². The molecule has 1 amide bonds. The summed E-state index contributed by atoms with van der Waals surface area (Å²) >= 11 is 0. The lowest BCUT2D eigenvalue weighted by Gasteiger charge is -2.32. The van der Waals surface area contributed by atoms with Crippen molar-refractivity contribution < 1.29 is 15.0 Å². The minimum Gasteiger partial charge on any atom is -0.507 e. The van der Waals surface area contributed by atoms with E-state index in [0.29, 0.717) is 16.8 Å². The molecule has 1 aliphatic rings. The summed E-state index contributed by atoms with van der Waals surface area (Å²) in [6.45, 7) is 11.1. The van der Waals surface area contributed by atoms with Gasteiger partial charge in [0.2, 0.25) is 0 Å². The van der Waals surface area contributed by atoms with Gasteiger partial charge in [-0.2, -0.15) is 0 Å². The third-order valence-corrected chi connectivity index (χ3v) is 8.85. The molecule has 0 aliphatic carbocycles. The van der Waals surface area contributed by atoms with Crippen LogP contribution in [0.3, 0.4) is 0 Å². The lowest BCUT2D eigenvalue weighted by Crippen LogP contribution is -2.44. The van der Waals surface area contributed by atoms with Gasteiger partial charge in [-0.05, 0) is 99.6 Å². The second-order valence-electron chi connectivity index (χ2n) is 11.9. The van der Waals surface area contributed by atoms with Crippen LogP contribution < -0.4 is 10.6 Å². The summed E-state index contributed by atoms with van der Waals surface area (Å²) in [6.07, 6.45) is 4.29. The number of rotatable bonds is 9. The fourth-order valence-corrected chi connectivity index (χ4v) is 6.11. The molecule has 6 rings (SSSR count). The number of hydrogen-bond acceptors (Lipinski definition) is 7. The molecule has 9 heteroatoms. The minimum atomic E-state index is -0.349. The Morgan fingerprint density at radius 3 is 2.18 bits per heavy atom. The van der Waals surface area contributed by atoms with E-state index in [4.69, 9.17) is 0 Å². The normalized spacial score (nSPS) is 14.1. The van der Waals surface area contributed by atoms with Gasteiger partial charge in [-0.1, -0.05) is 0 Å². The van der Waals surface area contributed by atoms with Crippen LogP contribution in [0.4, 0.5) is 17.1 Å². The van der Waals surface area contributed by atoms with Crippen molar-refractivity contribution in [3.63, 3.8) is 0 Å². The predicted octanol–water partition coefficient (Wildman–Crippen LogP) is 6.36. The summed E-state index contributed by atoms with van der Waals surface area (Å²) in [4.78, 5) is 21.9. The Bertz CT molecular complexity index is 1790. The van der Waals surface area contributed by atoms with E-state index < -0.39 is 0 Å². The Morgan fingerprint density at radius 1 is 0.822 bits per heavy atom. The minimum absolute atomic E-state index is 0.139. The number of carbonyl (C=O) groups excluding carboxylic acids is 1. The molecule has 4 N–H and O–H groups in total. The van der Waals surface area contributed by atoms with Gasteiger partial charge in [0, 0.05) is 96.5 Å². The number of phenolic OH excluding ortho intramolecular Hbond substituents is 2. The highest BCUT2D eigenvalue weighted by atomic mass is 16.3. The molecule has 1 aliphatic heterocycles. The van der Waals surface area contributed by atoms with Crippen LogP contribution in [0, 0.1) is 13.8 Å². The summed E-state index contributed by atoms with van der Waals surface area (Å²) in [7, 11) is 2.19. The van der Waals surface area contributed by atoms with Crippen LogP contribution in [0.1, 0.15) is 28.0 Å². The third kappa shape index (κ3) is 6.64. The Morgan fingerprint density at radius 2 is 1.49 bits per heavy atom. The van der Waals surface area contributed by atoms with E-state index in [0.717, 1.165) is 57.1 Å². The molecule has 232 valence electrons. The molecule has 0 spiro atoms. The van der Waals surface area contributed by atoms with Crippen molar-refractivity contribution in [3.05, 3.63) is 95.9 Å². The van der Waals surface area contributed by atoms with Crippen molar-refractivity contribution in [1.29, 1.82) is 0 Å². The standard InChI is InChI=1S/C36H40N6O3/c1-24-25(2)42(16-4-15-41-19-17-40(3)18-20-41)32-10-9-29(21-31(24)32)38-28-7-5-27(6-8-28)36(45)39-30-22-33(43)35(34(44)23-30)26-11-13-37-14-12-26/h5-14,21-23,38,43-44H,4,15-20H2,1-3H3,(H,39,45). The number of aromatic hydroxyl groups is 2. The number of anilines is 3. The molecule has 2 aromatic heterocycles. The number of fused-ring (bicyclic) bond motifs is 1. The smallest absolute Gasteiger partial charge is 0.255 e. The Balaban J connectivity index is 1.09. The lowest BCUT2D eigenvalue weighted by atomic mass is 10.0. The highest BCUT2D eigenvalue weighted by Gasteiger charge is 2.16. The predicted molar refractivity (Wildman–Crippen MR) is 181 cm³/mol. The maximum atomic E-state index is 12.9. The number of piperazine rings is 1. The highest BCUT2D eigenvalue weighted by Crippen LogP contribution is 2.39. The first-order chi connectivity index (χ1) is 21.8. The van der Waals surface area contributed by atoms with E-state index >= 15 is 0 Å². The van der Waals surface area contributed by atoms with Gasteiger partial charge < -0.3 is 35.2 Å². The Kier molecular flexibility index (Phi) is 8.73. The maximum Gasteiger partial charge on any atom is 0.255 e. The van der Waals surface area contributed by atoms with Crippen molar-refractivity contribution in [2.45, 2.75) is 26.8 Å². The molecule has 5 aromatic rings. The lowest BCUT2D eigenvalue weighted by molar-refractivity contribution is 0.102. The zero-order valence-electron chi connectivity index (χ0n) is 26.0.